The van der Waals surface area contributed by atoms with Gasteiger partial charge in [0.25, 0.3) is 5.91 Å². The lowest BCUT2D eigenvalue weighted by Gasteiger charge is -2.14. The number of halogens is 3. The van der Waals surface area contributed by atoms with E-state index in [0.29, 0.717) is 41.8 Å². The molecular weight excluding hydrogens is 559 g/mol. The number of carbonyl (C=O) groups excluding carboxylic acids is 2. The summed E-state index contributed by atoms with van der Waals surface area (Å²) in [6, 6.07) is 8.10. The van der Waals surface area contributed by atoms with Crippen LogP contribution in [0.1, 0.15) is 66.9 Å². The third kappa shape index (κ3) is 7.02. The highest BCUT2D eigenvalue weighted by Gasteiger charge is 2.31. The maximum atomic E-state index is 13.1. The van der Waals surface area contributed by atoms with Crippen molar-refractivity contribution >= 4 is 40.4 Å². The predicted molar refractivity (Wildman–Crippen MR) is 159 cm³/mol. The van der Waals surface area contributed by atoms with E-state index in [1.54, 1.807) is 30.5 Å². The third-order valence-corrected chi connectivity index (χ3v) is 7.33. The zero-order chi connectivity index (χ0) is 30.6. The Hall–Kier alpha value is -4.74. The Bertz CT molecular complexity index is 1660. The first-order valence-electron chi connectivity index (χ1n) is 14.2. The topological polar surface area (TPSA) is 128 Å². The quantitative estimate of drug-likeness (QED) is 0.260. The summed E-state index contributed by atoms with van der Waals surface area (Å²) in [4.78, 5) is 33.4. The fraction of sp³-hybridized carbons (Fsp3) is 0.323. The van der Waals surface area contributed by atoms with E-state index in [-0.39, 0.29) is 23.3 Å². The highest BCUT2D eigenvalue weighted by atomic mass is 19.4. The summed E-state index contributed by atoms with van der Waals surface area (Å²) in [6.45, 7) is 2.49. The zero-order valence-electron chi connectivity index (χ0n) is 23.6. The number of nitrogens with one attached hydrogen (secondary N) is 2. The van der Waals surface area contributed by atoms with Gasteiger partial charge in [0.15, 0.2) is 0 Å². The third-order valence-electron chi connectivity index (χ3n) is 7.33. The second-order valence-electron chi connectivity index (χ2n) is 10.6. The van der Waals surface area contributed by atoms with Crippen LogP contribution >= 0.6 is 0 Å². The van der Waals surface area contributed by atoms with Gasteiger partial charge in [-0.15, -0.1) is 0 Å². The Morgan fingerprint density at radius 2 is 1.91 bits per heavy atom. The van der Waals surface area contributed by atoms with Crippen molar-refractivity contribution in [2.24, 2.45) is 0 Å². The zero-order valence-corrected chi connectivity index (χ0v) is 23.6. The van der Waals surface area contributed by atoms with Crippen LogP contribution in [0.5, 0.6) is 0 Å². The Labute approximate surface area is 246 Å². The first-order valence-corrected chi connectivity index (χ1v) is 14.2. The lowest BCUT2D eigenvalue weighted by Crippen LogP contribution is -2.33. The fourth-order valence-corrected chi connectivity index (χ4v) is 5.06. The second kappa shape index (κ2) is 12.6. The number of hydrogen-bond acceptors (Lipinski definition) is 6. The monoisotopic (exact) mass is 591 g/mol. The molecule has 0 radical (unpaired) electrons. The molecule has 224 valence electrons. The summed E-state index contributed by atoms with van der Waals surface area (Å²) in [5, 5.41) is 11.1. The van der Waals surface area contributed by atoms with Crippen LogP contribution in [-0.2, 0) is 17.5 Å². The van der Waals surface area contributed by atoms with E-state index in [4.69, 9.17) is 10.8 Å². The highest BCUT2D eigenvalue weighted by molar-refractivity contribution is 6.06. The number of nitrogen functional groups attached to an aromatic ring is 1. The van der Waals surface area contributed by atoms with Gasteiger partial charge < -0.3 is 16.4 Å². The molecule has 12 heteroatoms. The maximum Gasteiger partial charge on any atom is 0.416 e. The van der Waals surface area contributed by atoms with Crippen LogP contribution in [0.15, 0.2) is 54.9 Å². The number of pyridine rings is 2. The molecule has 4 N–H and O–H groups in total. The molecule has 2 amide bonds. The number of anilines is 2. The molecule has 0 saturated carbocycles. The molecule has 4 aromatic rings. The molecule has 3 aromatic heterocycles. The van der Waals surface area contributed by atoms with E-state index in [1.807, 2.05) is 17.7 Å². The summed E-state index contributed by atoms with van der Waals surface area (Å²) in [5.74, 6) is -0.452. The molecule has 0 aliphatic carbocycles. The molecule has 1 aliphatic rings. The first-order chi connectivity index (χ1) is 20.6. The van der Waals surface area contributed by atoms with Crippen molar-refractivity contribution in [2.75, 3.05) is 11.1 Å². The minimum Gasteiger partial charge on any atom is -0.383 e. The molecule has 1 aliphatic heterocycles. The van der Waals surface area contributed by atoms with Gasteiger partial charge in [-0.2, -0.15) is 18.3 Å². The van der Waals surface area contributed by atoms with Gasteiger partial charge in [0, 0.05) is 48.1 Å². The van der Waals surface area contributed by atoms with Gasteiger partial charge in [0.1, 0.15) is 17.3 Å². The molecule has 1 aromatic carbocycles. The number of nitrogens with two attached hydrogens (primary N) is 1. The maximum absolute atomic E-state index is 13.1. The lowest BCUT2D eigenvalue weighted by molar-refractivity contribution is -0.137. The van der Waals surface area contributed by atoms with Crippen LogP contribution in [0.4, 0.5) is 24.8 Å². The first kappa shape index (κ1) is 29.7. The van der Waals surface area contributed by atoms with Crippen molar-refractivity contribution in [2.45, 2.75) is 64.2 Å². The minimum atomic E-state index is -4.55. The second-order valence-corrected chi connectivity index (χ2v) is 10.6. The number of aryl methyl sites for hydroxylation is 1. The number of alkyl halides is 3. The van der Waals surface area contributed by atoms with E-state index in [9.17, 15) is 22.8 Å². The molecule has 9 nitrogen and oxygen atoms in total. The standard InChI is InChI=1S/C31H32F3N7O2/c1-19-14-16-41-28-22(7-5-3-2-4-6-8-25(42)38-19)18-37-29(35)26(28)27(40-41)20-9-11-21(12-10-20)30(43)39-24-17-23(13-15-36-24)31(32,33)34/h5,7,9-13,15,17-19H,2-4,6,8,14,16H2,1H3,(H2,35,37)(H,38,42)(H,36,39,43)/b7-5+/t19-/m1/s1. The van der Waals surface area contributed by atoms with Crippen molar-refractivity contribution in [3.63, 3.8) is 0 Å². The van der Waals surface area contributed by atoms with Crippen LogP contribution < -0.4 is 16.4 Å². The number of amides is 2. The number of rotatable bonds is 3. The summed E-state index contributed by atoms with van der Waals surface area (Å²) >= 11 is 0. The smallest absolute Gasteiger partial charge is 0.383 e. The Morgan fingerprint density at radius 1 is 1.12 bits per heavy atom. The summed E-state index contributed by atoms with van der Waals surface area (Å²) in [7, 11) is 0. The molecule has 0 saturated heterocycles. The molecule has 43 heavy (non-hydrogen) atoms. The van der Waals surface area contributed by atoms with Gasteiger partial charge in [-0.1, -0.05) is 30.7 Å². The number of allylic oxidation sites excluding steroid dienone is 1. The Morgan fingerprint density at radius 3 is 2.67 bits per heavy atom. The molecule has 5 rings (SSSR count). The molecule has 0 bridgehead atoms. The minimum absolute atomic E-state index is 0.0472. The van der Waals surface area contributed by atoms with E-state index < -0.39 is 17.6 Å². The number of nitrogens with zero attached hydrogens (tertiary/aromatic N) is 4. The van der Waals surface area contributed by atoms with Crippen molar-refractivity contribution in [3.8, 4) is 11.3 Å². The van der Waals surface area contributed by atoms with Gasteiger partial charge in [-0.05, 0) is 56.9 Å². The van der Waals surface area contributed by atoms with Crippen molar-refractivity contribution in [3.05, 3.63) is 71.6 Å². The molecule has 1 atom stereocenters. The van der Waals surface area contributed by atoms with E-state index in [2.05, 4.69) is 26.7 Å². The van der Waals surface area contributed by atoms with Gasteiger partial charge in [0.05, 0.1) is 16.5 Å². The van der Waals surface area contributed by atoms with Crippen LogP contribution in [0.25, 0.3) is 28.2 Å². The van der Waals surface area contributed by atoms with Gasteiger partial charge in [-0.25, -0.2) is 9.97 Å². The number of carbonyl (C=O) groups is 2. The lowest BCUT2D eigenvalue weighted by atomic mass is 10.0. The number of benzene rings is 1. The molecule has 4 heterocycles. The van der Waals surface area contributed by atoms with Crippen LogP contribution in [0, 0.1) is 0 Å². The van der Waals surface area contributed by atoms with Crippen LogP contribution in [0.3, 0.4) is 0 Å². The molecular formula is C31H32F3N7O2. The Kier molecular flexibility index (Phi) is 8.74. The molecule has 0 spiro atoms. The Balaban J connectivity index is 1.46. The largest absolute Gasteiger partial charge is 0.416 e. The van der Waals surface area contributed by atoms with E-state index in [0.717, 1.165) is 55.1 Å². The number of aromatic nitrogens is 4. The van der Waals surface area contributed by atoms with Crippen LogP contribution in [0.2, 0.25) is 0 Å². The summed E-state index contributed by atoms with van der Waals surface area (Å²) in [6.07, 6.45) is 7.11. The van der Waals surface area contributed by atoms with Gasteiger partial charge in [0.2, 0.25) is 5.91 Å². The van der Waals surface area contributed by atoms with Crippen molar-refractivity contribution in [1.82, 2.24) is 25.1 Å². The van der Waals surface area contributed by atoms with Gasteiger partial charge >= 0.3 is 6.18 Å². The van der Waals surface area contributed by atoms with Crippen molar-refractivity contribution < 1.29 is 22.8 Å². The molecule has 0 fully saturated rings. The summed E-state index contributed by atoms with van der Waals surface area (Å²) < 4.78 is 41.0. The van der Waals surface area contributed by atoms with Gasteiger partial charge in [-0.3, -0.25) is 14.3 Å². The average Bonchev–Trinajstić information content (AvgIpc) is 3.36. The van der Waals surface area contributed by atoms with Crippen LogP contribution in [-0.4, -0.2) is 37.6 Å². The predicted octanol–water partition coefficient (Wildman–Crippen LogP) is 6.22. The summed E-state index contributed by atoms with van der Waals surface area (Å²) in [5.41, 5.74) is 8.68. The van der Waals surface area contributed by atoms with E-state index >= 15 is 0 Å². The van der Waals surface area contributed by atoms with Crippen molar-refractivity contribution in [1.29, 1.82) is 0 Å². The average molecular weight is 592 g/mol. The normalized spacial score (nSPS) is 17.5. The number of hydrogen-bond donors (Lipinski definition) is 3. The van der Waals surface area contributed by atoms with E-state index in [1.165, 1.54) is 0 Å². The fourth-order valence-electron chi connectivity index (χ4n) is 5.06. The SMILES string of the molecule is C[C@@H]1CCn2nc(-c3ccc(C(=O)Nc4cc(C(F)(F)F)ccn4)cc3)c3c(N)ncc(c32)/C=C/CCCCCC(=O)N1. The highest BCUT2D eigenvalue weighted by Crippen LogP contribution is 2.34. The molecule has 0 unspecified atom stereocenters.